The van der Waals surface area contributed by atoms with Gasteiger partial charge in [-0.2, -0.15) is 0 Å². The molecule has 1 N–H and O–H groups in total. The zero-order valence-electron chi connectivity index (χ0n) is 11.6. The molecule has 0 aromatic carbocycles. The fourth-order valence-corrected chi connectivity index (χ4v) is 5.52. The Labute approximate surface area is 114 Å². The van der Waals surface area contributed by atoms with Gasteiger partial charge in [0.2, 0.25) is 0 Å². The van der Waals surface area contributed by atoms with Crippen LogP contribution in [0.4, 0.5) is 0 Å². The number of aliphatic hydroxyl groups excluding tert-OH is 1. The Balaban J connectivity index is 1.89. The third-order valence-electron chi connectivity index (χ3n) is 5.96. The first kappa shape index (κ1) is 12.1. The first-order valence-electron chi connectivity index (χ1n) is 7.79. The molecule has 5 atom stereocenters. The lowest BCUT2D eigenvalue weighted by molar-refractivity contribution is -0.141. The molecule has 1 spiro atoms. The maximum absolute atomic E-state index is 12.5. The number of carbonyl (C=O) groups is 1. The van der Waals surface area contributed by atoms with Crippen LogP contribution in [0, 0.1) is 17.8 Å². The summed E-state index contributed by atoms with van der Waals surface area (Å²) in [5.74, 6) is 1.81. The number of Topliss-reactive ketones (excluding diaryl/α,β-unsaturated/α-hetero) is 1. The highest BCUT2D eigenvalue weighted by molar-refractivity contribution is 5.86. The third-order valence-corrected chi connectivity index (χ3v) is 5.96. The number of piperidine rings is 1. The molecule has 0 aromatic rings. The smallest absolute Gasteiger partial charge is 0.138 e. The monoisotopic (exact) mass is 261 g/mol. The van der Waals surface area contributed by atoms with Crippen molar-refractivity contribution in [3.8, 4) is 0 Å². The lowest BCUT2D eigenvalue weighted by Gasteiger charge is -2.62. The summed E-state index contributed by atoms with van der Waals surface area (Å²) in [4.78, 5) is 15.0. The highest BCUT2D eigenvalue weighted by Gasteiger charge is 2.60. The Morgan fingerprint density at radius 1 is 1.47 bits per heavy atom. The SMILES string of the molecule is C[C@@H]1C[C@@H]2CC(=O)[C@H]3CCCN4C[C@@H](O)C=C2[C@@]34C1. The maximum Gasteiger partial charge on any atom is 0.138 e. The van der Waals surface area contributed by atoms with Crippen LogP contribution in [-0.4, -0.2) is 40.5 Å². The zero-order chi connectivity index (χ0) is 13.2. The Morgan fingerprint density at radius 3 is 3.16 bits per heavy atom. The highest BCUT2D eigenvalue weighted by atomic mass is 16.3. The molecule has 0 unspecified atom stereocenters. The molecule has 0 amide bonds. The Hall–Kier alpha value is -0.670. The van der Waals surface area contributed by atoms with E-state index in [9.17, 15) is 9.90 Å². The third kappa shape index (κ3) is 1.49. The average molecular weight is 261 g/mol. The first-order chi connectivity index (χ1) is 9.11. The van der Waals surface area contributed by atoms with E-state index in [2.05, 4.69) is 17.9 Å². The van der Waals surface area contributed by atoms with Crippen LogP contribution in [0.3, 0.4) is 0 Å². The summed E-state index contributed by atoms with van der Waals surface area (Å²) in [6.45, 7) is 4.12. The average Bonchev–Trinajstić information content (AvgIpc) is 2.34. The van der Waals surface area contributed by atoms with Crippen LogP contribution in [0.25, 0.3) is 0 Å². The van der Waals surface area contributed by atoms with Crippen LogP contribution in [-0.2, 0) is 4.79 Å². The molecular weight excluding hydrogens is 238 g/mol. The van der Waals surface area contributed by atoms with E-state index >= 15 is 0 Å². The van der Waals surface area contributed by atoms with Crippen LogP contribution >= 0.6 is 0 Å². The second kappa shape index (κ2) is 3.92. The van der Waals surface area contributed by atoms with E-state index in [1.807, 2.05) is 0 Å². The topological polar surface area (TPSA) is 40.5 Å². The second-order valence-corrected chi connectivity index (χ2v) is 7.17. The van der Waals surface area contributed by atoms with Gasteiger partial charge in [0.1, 0.15) is 5.78 Å². The number of hydrogen-bond donors (Lipinski definition) is 1. The van der Waals surface area contributed by atoms with Gasteiger partial charge in [-0.15, -0.1) is 0 Å². The molecule has 2 aliphatic heterocycles. The molecule has 4 rings (SSSR count). The normalized spacial score (nSPS) is 49.6. The molecule has 104 valence electrons. The predicted octanol–water partition coefficient (Wildman–Crippen LogP) is 1.76. The molecule has 2 saturated carbocycles. The lowest BCUT2D eigenvalue weighted by atomic mass is 9.52. The van der Waals surface area contributed by atoms with Gasteiger partial charge in [-0.1, -0.05) is 13.0 Å². The molecule has 19 heavy (non-hydrogen) atoms. The second-order valence-electron chi connectivity index (χ2n) is 7.17. The van der Waals surface area contributed by atoms with Crippen molar-refractivity contribution in [1.29, 1.82) is 0 Å². The van der Waals surface area contributed by atoms with Crippen molar-refractivity contribution in [3.05, 3.63) is 11.6 Å². The number of aliphatic hydroxyl groups is 1. The van der Waals surface area contributed by atoms with Gasteiger partial charge >= 0.3 is 0 Å². The minimum Gasteiger partial charge on any atom is -0.388 e. The minimum atomic E-state index is -0.328. The van der Waals surface area contributed by atoms with Crippen molar-refractivity contribution in [1.82, 2.24) is 4.90 Å². The molecular formula is C16H23NO2. The van der Waals surface area contributed by atoms with Crippen molar-refractivity contribution in [2.45, 2.75) is 50.7 Å². The molecule has 4 aliphatic rings. The highest BCUT2D eigenvalue weighted by Crippen LogP contribution is 2.57. The van der Waals surface area contributed by atoms with Gasteiger partial charge in [0, 0.05) is 18.9 Å². The van der Waals surface area contributed by atoms with E-state index in [1.54, 1.807) is 0 Å². The predicted molar refractivity (Wildman–Crippen MR) is 72.6 cm³/mol. The van der Waals surface area contributed by atoms with Gasteiger partial charge in [0.15, 0.2) is 0 Å². The van der Waals surface area contributed by atoms with Gasteiger partial charge in [0.25, 0.3) is 0 Å². The van der Waals surface area contributed by atoms with Crippen molar-refractivity contribution >= 4 is 5.78 Å². The van der Waals surface area contributed by atoms with Gasteiger partial charge < -0.3 is 5.11 Å². The Kier molecular flexibility index (Phi) is 2.50. The summed E-state index contributed by atoms with van der Waals surface area (Å²) in [7, 11) is 0. The number of rotatable bonds is 0. The summed E-state index contributed by atoms with van der Waals surface area (Å²) >= 11 is 0. The first-order valence-corrected chi connectivity index (χ1v) is 7.79. The fourth-order valence-electron chi connectivity index (χ4n) is 5.52. The molecule has 3 nitrogen and oxygen atoms in total. The number of hydrogen-bond acceptors (Lipinski definition) is 3. The number of β-amino-alcohol motifs (C(OH)–C–C–N with tert-alkyl or cyclic N) is 1. The van der Waals surface area contributed by atoms with Crippen molar-refractivity contribution in [3.63, 3.8) is 0 Å². The van der Waals surface area contributed by atoms with E-state index in [1.165, 1.54) is 5.57 Å². The Bertz CT molecular complexity index is 458. The standard InChI is InChI=1S/C16H23NO2/c1-10-5-11-6-15(19)13-3-2-4-17-9-12(18)7-14(11)16(13,17)8-10/h7,10-13,18H,2-6,8-9H2,1H3/t10-,11-,12+,13-,16-/m1/s1. The van der Waals surface area contributed by atoms with E-state index < -0.39 is 0 Å². The summed E-state index contributed by atoms with van der Waals surface area (Å²) in [5.41, 5.74) is 1.42. The number of ketones is 1. The molecule has 2 bridgehead atoms. The fraction of sp³-hybridized carbons (Fsp3) is 0.812. The van der Waals surface area contributed by atoms with Crippen LogP contribution in [0.5, 0.6) is 0 Å². The molecule has 1 saturated heterocycles. The summed E-state index contributed by atoms with van der Waals surface area (Å²) < 4.78 is 0. The molecule has 2 heterocycles. The molecule has 2 aliphatic carbocycles. The quantitative estimate of drug-likeness (QED) is 0.675. The van der Waals surface area contributed by atoms with Gasteiger partial charge in [-0.05, 0) is 49.6 Å². The Morgan fingerprint density at radius 2 is 2.32 bits per heavy atom. The van der Waals surface area contributed by atoms with Crippen LogP contribution in [0.2, 0.25) is 0 Å². The van der Waals surface area contributed by atoms with Crippen LogP contribution in [0.15, 0.2) is 11.6 Å². The summed E-state index contributed by atoms with van der Waals surface area (Å²) in [6.07, 6.45) is 6.93. The van der Waals surface area contributed by atoms with E-state index in [0.29, 0.717) is 17.6 Å². The molecule has 3 fully saturated rings. The minimum absolute atomic E-state index is 0.00481. The van der Waals surface area contributed by atoms with Crippen LogP contribution < -0.4 is 0 Å². The van der Waals surface area contributed by atoms with Gasteiger partial charge in [-0.3, -0.25) is 9.69 Å². The maximum atomic E-state index is 12.5. The van der Waals surface area contributed by atoms with Gasteiger partial charge in [0.05, 0.1) is 11.6 Å². The van der Waals surface area contributed by atoms with E-state index in [-0.39, 0.29) is 17.6 Å². The van der Waals surface area contributed by atoms with Crippen LogP contribution in [0.1, 0.15) is 39.0 Å². The summed E-state index contributed by atoms with van der Waals surface area (Å²) in [5, 5.41) is 10.1. The largest absolute Gasteiger partial charge is 0.388 e. The molecule has 0 aromatic heterocycles. The lowest BCUT2D eigenvalue weighted by Crippen LogP contribution is -2.68. The molecule has 0 radical (unpaired) electrons. The van der Waals surface area contributed by atoms with Crippen molar-refractivity contribution in [2.24, 2.45) is 17.8 Å². The summed E-state index contributed by atoms with van der Waals surface area (Å²) in [6, 6.07) is 0. The van der Waals surface area contributed by atoms with Crippen molar-refractivity contribution in [2.75, 3.05) is 13.1 Å². The zero-order valence-corrected chi connectivity index (χ0v) is 11.6. The number of carbonyl (C=O) groups excluding carboxylic acids is 1. The van der Waals surface area contributed by atoms with E-state index in [0.717, 1.165) is 45.2 Å². The van der Waals surface area contributed by atoms with E-state index in [4.69, 9.17) is 0 Å². The van der Waals surface area contributed by atoms with Crippen molar-refractivity contribution < 1.29 is 9.90 Å². The van der Waals surface area contributed by atoms with Gasteiger partial charge in [-0.25, -0.2) is 0 Å². The number of nitrogens with zero attached hydrogens (tertiary/aromatic N) is 1. The molecule has 3 heteroatoms.